The van der Waals surface area contributed by atoms with Gasteiger partial charge in [-0.3, -0.25) is 4.79 Å². The Morgan fingerprint density at radius 3 is 2.61 bits per heavy atom. The first kappa shape index (κ1) is 20.2. The third-order valence-corrected chi connectivity index (χ3v) is 6.51. The van der Waals surface area contributed by atoms with Gasteiger partial charge in [0.15, 0.2) is 6.61 Å². The number of carbonyl (C=O) groups is 2. The number of benzene rings is 1. The summed E-state index contributed by atoms with van der Waals surface area (Å²) in [5.41, 5.74) is 2.82. The minimum atomic E-state index is -0.523. The monoisotopic (exact) mass is 414 g/mol. The molecule has 0 saturated carbocycles. The van der Waals surface area contributed by atoms with Crippen LogP contribution >= 0.6 is 22.7 Å². The van der Waals surface area contributed by atoms with E-state index in [1.165, 1.54) is 16.9 Å². The fourth-order valence-corrected chi connectivity index (χ4v) is 4.38. The lowest BCUT2D eigenvalue weighted by Crippen LogP contribution is -2.30. The zero-order valence-corrected chi connectivity index (χ0v) is 17.7. The first-order valence-corrected chi connectivity index (χ1v) is 10.7. The zero-order chi connectivity index (χ0) is 20.1. The molecule has 0 fully saturated rings. The molecule has 2 heterocycles. The first-order valence-electron chi connectivity index (χ1n) is 9.04. The van der Waals surface area contributed by atoms with E-state index in [2.05, 4.69) is 29.4 Å². The second-order valence-corrected chi connectivity index (χ2v) is 8.34. The van der Waals surface area contributed by atoms with Crippen LogP contribution in [0, 0.1) is 6.92 Å². The van der Waals surface area contributed by atoms with E-state index in [4.69, 9.17) is 4.74 Å². The van der Waals surface area contributed by atoms with Crippen molar-refractivity contribution < 1.29 is 14.3 Å². The Morgan fingerprint density at radius 2 is 1.96 bits per heavy atom. The number of ether oxygens (including phenoxy) is 1. The molecule has 0 bridgehead atoms. The molecular weight excluding hydrogens is 392 g/mol. The molecular formula is C21H22N2O3S2. The third kappa shape index (κ3) is 4.85. The van der Waals surface area contributed by atoms with Crippen molar-refractivity contribution in [3.05, 3.63) is 62.8 Å². The Morgan fingerprint density at radius 1 is 1.21 bits per heavy atom. The number of amides is 1. The van der Waals surface area contributed by atoms with Gasteiger partial charge in [-0.2, -0.15) is 0 Å². The summed E-state index contributed by atoms with van der Waals surface area (Å²) in [6.45, 7) is 5.46. The molecule has 7 heteroatoms. The van der Waals surface area contributed by atoms with Crippen LogP contribution in [-0.4, -0.2) is 23.5 Å². The highest BCUT2D eigenvalue weighted by Gasteiger charge is 2.19. The fourth-order valence-electron chi connectivity index (χ4n) is 2.68. The Hall–Kier alpha value is -2.51. The summed E-state index contributed by atoms with van der Waals surface area (Å²) in [4.78, 5) is 30.4. The number of hydrogen-bond donors (Lipinski definition) is 1. The fraction of sp³-hybridized carbons (Fsp3) is 0.286. The molecule has 5 nitrogen and oxygen atoms in total. The van der Waals surface area contributed by atoms with E-state index < -0.39 is 5.97 Å². The van der Waals surface area contributed by atoms with Crippen LogP contribution in [-0.2, 0) is 16.0 Å². The van der Waals surface area contributed by atoms with Gasteiger partial charge in [0, 0.05) is 10.4 Å². The number of carbonyl (C=O) groups excluding carboxylic acids is 2. The molecule has 0 aliphatic heterocycles. The minimum absolute atomic E-state index is 0.117. The second kappa shape index (κ2) is 9.12. The van der Waals surface area contributed by atoms with E-state index in [1.807, 2.05) is 36.6 Å². The van der Waals surface area contributed by atoms with E-state index in [0.717, 1.165) is 21.9 Å². The summed E-state index contributed by atoms with van der Waals surface area (Å²) in [7, 11) is 0. The maximum atomic E-state index is 12.4. The average molecular weight is 415 g/mol. The Bertz CT molecular complexity index is 947. The normalized spacial score (nSPS) is 11.8. The highest BCUT2D eigenvalue weighted by Crippen LogP contribution is 2.28. The molecule has 1 N–H and O–H groups in total. The molecule has 0 unspecified atom stereocenters. The van der Waals surface area contributed by atoms with Crippen LogP contribution in [0.5, 0.6) is 0 Å². The Kier molecular flexibility index (Phi) is 6.59. The number of thiophene rings is 1. The average Bonchev–Trinajstić information content (AvgIpc) is 3.36. The van der Waals surface area contributed by atoms with Crippen molar-refractivity contribution in [2.75, 3.05) is 6.61 Å². The van der Waals surface area contributed by atoms with Crippen LogP contribution < -0.4 is 5.32 Å². The summed E-state index contributed by atoms with van der Waals surface area (Å²) < 4.78 is 5.20. The van der Waals surface area contributed by atoms with Crippen molar-refractivity contribution in [3.63, 3.8) is 0 Å². The quantitative estimate of drug-likeness (QED) is 0.565. The number of thiazole rings is 1. The smallest absolute Gasteiger partial charge is 0.350 e. The molecule has 0 saturated heterocycles. The molecule has 0 radical (unpaired) electrons. The highest BCUT2D eigenvalue weighted by atomic mass is 32.1. The predicted octanol–water partition coefficient (Wildman–Crippen LogP) is 4.78. The molecule has 3 rings (SSSR count). The molecule has 28 heavy (non-hydrogen) atoms. The third-order valence-electron chi connectivity index (χ3n) is 4.27. The summed E-state index contributed by atoms with van der Waals surface area (Å²) in [6, 6.07) is 11.9. The van der Waals surface area contributed by atoms with Crippen LogP contribution in [0.1, 0.15) is 45.7 Å². The van der Waals surface area contributed by atoms with Crippen LogP contribution in [0.4, 0.5) is 0 Å². The van der Waals surface area contributed by atoms with Gasteiger partial charge < -0.3 is 10.1 Å². The number of nitrogens with one attached hydrogen (secondary N) is 1. The largest absolute Gasteiger partial charge is 0.451 e. The molecule has 3 aromatic rings. The summed E-state index contributed by atoms with van der Waals surface area (Å²) >= 11 is 2.85. The van der Waals surface area contributed by atoms with Gasteiger partial charge >= 0.3 is 5.97 Å². The van der Waals surface area contributed by atoms with Gasteiger partial charge in [-0.05, 0) is 37.3 Å². The molecule has 1 atom stereocenters. The van der Waals surface area contributed by atoms with Crippen molar-refractivity contribution in [2.45, 2.75) is 33.2 Å². The maximum Gasteiger partial charge on any atom is 0.350 e. The minimum Gasteiger partial charge on any atom is -0.451 e. The Labute approximate surface area is 172 Å². The number of hydrogen-bond acceptors (Lipinski definition) is 6. The van der Waals surface area contributed by atoms with Crippen LogP contribution in [0.15, 0.2) is 41.8 Å². The molecule has 1 amide bonds. The van der Waals surface area contributed by atoms with E-state index in [-0.39, 0.29) is 18.6 Å². The van der Waals surface area contributed by atoms with E-state index in [0.29, 0.717) is 10.6 Å². The molecule has 0 aliphatic carbocycles. The topological polar surface area (TPSA) is 68.3 Å². The van der Waals surface area contributed by atoms with Gasteiger partial charge in [0.05, 0.1) is 11.7 Å². The lowest BCUT2D eigenvalue weighted by atomic mass is 10.1. The van der Waals surface area contributed by atoms with Crippen molar-refractivity contribution in [1.29, 1.82) is 0 Å². The van der Waals surface area contributed by atoms with Crippen LogP contribution in [0.3, 0.4) is 0 Å². The lowest BCUT2D eigenvalue weighted by molar-refractivity contribution is -0.124. The summed E-state index contributed by atoms with van der Waals surface area (Å²) in [6.07, 6.45) is 0.974. The van der Waals surface area contributed by atoms with Gasteiger partial charge in [-0.1, -0.05) is 37.3 Å². The van der Waals surface area contributed by atoms with Gasteiger partial charge in [0.1, 0.15) is 9.88 Å². The standard InChI is InChI=1S/C21H22N2O3S2/c1-4-15-7-9-16(10-8-15)20-23-14(3)19(28-20)21(25)26-12-18(24)22-13(2)17-6-5-11-27-17/h5-11,13H,4,12H2,1-3H3,(H,22,24)/t13-/m1/s1. The number of aryl methyl sites for hydroxylation is 2. The van der Waals surface area contributed by atoms with Crippen LogP contribution in [0.25, 0.3) is 10.6 Å². The molecule has 146 valence electrons. The van der Waals surface area contributed by atoms with E-state index >= 15 is 0 Å². The number of nitrogens with zero attached hydrogens (tertiary/aromatic N) is 1. The summed E-state index contributed by atoms with van der Waals surface area (Å²) in [5, 5.41) is 5.55. The first-order chi connectivity index (χ1) is 13.5. The van der Waals surface area contributed by atoms with Gasteiger partial charge in [-0.25, -0.2) is 9.78 Å². The van der Waals surface area contributed by atoms with Gasteiger partial charge in [-0.15, -0.1) is 22.7 Å². The van der Waals surface area contributed by atoms with Crippen molar-refractivity contribution >= 4 is 34.6 Å². The van der Waals surface area contributed by atoms with Crippen molar-refractivity contribution in [3.8, 4) is 10.6 Å². The second-order valence-electron chi connectivity index (χ2n) is 6.36. The highest BCUT2D eigenvalue weighted by molar-refractivity contribution is 7.17. The van der Waals surface area contributed by atoms with Crippen LogP contribution in [0.2, 0.25) is 0 Å². The van der Waals surface area contributed by atoms with Crippen molar-refractivity contribution in [1.82, 2.24) is 10.3 Å². The van der Waals surface area contributed by atoms with Gasteiger partial charge in [0.25, 0.3) is 5.91 Å². The maximum absolute atomic E-state index is 12.4. The van der Waals surface area contributed by atoms with E-state index in [1.54, 1.807) is 18.3 Å². The number of aromatic nitrogens is 1. The Balaban J connectivity index is 1.59. The molecule has 0 spiro atoms. The molecule has 2 aromatic heterocycles. The molecule has 0 aliphatic rings. The SMILES string of the molecule is CCc1ccc(-c2nc(C)c(C(=O)OCC(=O)N[C@H](C)c3cccs3)s2)cc1. The predicted molar refractivity (Wildman–Crippen MR) is 113 cm³/mol. The molecule has 1 aromatic carbocycles. The van der Waals surface area contributed by atoms with Gasteiger partial charge in [0.2, 0.25) is 0 Å². The lowest BCUT2D eigenvalue weighted by Gasteiger charge is -2.12. The van der Waals surface area contributed by atoms with E-state index in [9.17, 15) is 9.59 Å². The zero-order valence-electron chi connectivity index (χ0n) is 16.0. The summed E-state index contributed by atoms with van der Waals surface area (Å²) in [5.74, 6) is -0.850. The number of esters is 1. The number of rotatable bonds is 7. The van der Waals surface area contributed by atoms with Crippen molar-refractivity contribution in [2.24, 2.45) is 0 Å².